The van der Waals surface area contributed by atoms with Crippen molar-refractivity contribution >= 4 is 39.1 Å². The number of fused-ring (bicyclic) bond motifs is 4. The summed E-state index contributed by atoms with van der Waals surface area (Å²) in [6.07, 6.45) is 8.19. The van der Waals surface area contributed by atoms with Crippen molar-refractivity contribution in [2.45, 2.75) is 37.8 Å². The number of nitrogens with one attached hydrogen (secondary N) is 1. The number of pyridine rings is 3. The normalized spacial score (nSPS) is 16.5. The van der Waals surface area contributed by atoms with Crippen LogP contribution in [0.5, 0.6) is 0 Å². The van der Waals surface area contributed by atoms with Crippen LogP contribution in [0.1, 0.15) is 52.7 Å². The molecular formula is C37H30FN7O2. The molecule has 0 bridgehead atoms. The van der Waals surface area contributed by atoms with Gasteiger partial charge in [-0.15, -0.1) is 0 Å². The smallest absolute Gasteiger partial charge is 0.270 e. The fourth-order valence-corrected chi connectivity index (χ4v) is 7.10. The Balaban J connectivity index is 1.09. The Morgan fingerprint density at radius 3 is 2.30 bits per heavy atom. The third-order valence-corrected chi connectivity index (χ3v) is 9.23. The Hall–Kier alpha value is -5.90. The van der Waals surface area contributed by atoms with E-state index in [1.54, 1.807) is 41.3 Å². The van der Waals surface area contributed by atoms with Crippen LogP contribution < -0.4 is 11.1 Å². The van der Waals surface area contributed by atoms with Crippen LogP contribution in [0.2, 0.25) is 0 Å². The Morgan fingerprint density at radius 1 is 0.787 bits per heavy atom. The van der Waals surface area contributed by atoms with Crippen LogP contribution in [-0.2, 0) is 0 Å². The van der Waals surface area contributed by atoms with Gasteiger partial charge < -0.3 is 15.6 Å². The molecule has 8 rings (SSSR count). The lowest BCUT2D eigenvalue weighted by Crippen LogP contribution is -2.38. The van der Waals surface area contributed by atoms with Crippen LogP contribution in [0.25, 0.3) is 49.7 Å². The van der Waals surface area contributed by atoms with E-state index in [0.29, 0.717) is 11.4 Å². The first-order valence-electron chi connectivity index (χ1n) is 15.6. The second-order valence-corrected chi connectivity index (χ2v) is 12.0. The number of rotatable bonds is 6. The molecule has 47 heavy (non-hydrogen) atoms. The number of aromatic nitrogens is 5. The van der Waals surface area contributed by atoms with Gasteiger partial charge in [-0.25, -0.2) is 13.9 Å². The monoisotopic (exact) mass is 623 g/mol. The summed E-state index contributed by atoms with van der Waals surface area (Å²) in [7, 11) is 0. The maximum Gasteiger partial charge on any atom is 0.270 e. The fourth-order valence-electron chi connectivity index (χ4n) is 7.10. The standard InChI is InChI=1S/C37H30FN7O2/c38-24-10-8-23(9-11-24)33-32(22-16-19-40-20-17-22)30-6-3-7-31(45(30)43-33)37(47)42-25-12-14-26(15-13-25)44-29-5-2-1-4-27(29)28-18-21-41-34(35(28)44)36(39)46/h1-11,16-21,25-26H,12-15H2,(H2,39,46)(H,42,47). The third-order valence-electron chi connectivity index (χ3n) is 9.23. The Labute approximate surface area is 268 Å². The van der Waals surface area contributed by atoms with Crippen molar-refractivity contribution in [3.05, 3.63) is 121 Å². The number of primary amides is 1. The van der Waals surface area contributed by atoms with Gasteiger partial charge in [0.15, 0.2) is 5.69 Å². The van der Waals surface area contributed by atoms with Crippen molar-refractivity contribution in [3.8, 4) is 22.4 Å². The van der Waals surface area contributed by atoms with Crippen molar-refractivity contribution < 1.29 is 14.0 Å². The largest absolute Gasteiger partial charge is 0.364 e. The number of carbonyl (C=O) groups excluding carboxylic acids is 2. The second-order valence-electron chi connectivity index (χ2n) is 12.0. The molecule has 9 nitrogen and oxygen atoms in total. The van der Waals surface area contributed by atoms with Crippen molar-refractivity contribution in [1.82, 2.24) is 29.5 Å². The van der Waals surface area contributed by atoms with Gasteiger partial charge in [0, 0.05) is 58.1 Å². The zero-order valence-electron chi connectivity index (χ0n) is 25.3. The highest BCUT2D eigenvalue weighted by Gasteiger charge is 2.29. The summed E-state index contributed by atoms with van der Waals surface area (Å²) in [5, 5.41) is 10.2. The van der Waals surface area contributed by atoms with Gasteiger partial charge >= 0.3 is 0 Å². The highest BCUT2D eigenvalue weighted by molar-refractivity contribution is 6.14. The molecule has 5 heterocycles. The zero-order chi connectivity index (χ0) is 32.1. The molecule has 0 spiro atoms. The molecule has 7 aromatic rings. The average molecular weight is 624 g/mol. The van der Waals surface area contributed by atoms with Crippen molar-refractivity contribution in [2.75, 3.05) is 0 Å². The summed E-state index contributed by atoms with van der Waals surface area (Å²) in [4.78, 5) is 34.7. The molecule has 2 aromatic carbocycles. The molecule has 0 radical (unpaired) electrons. The topological polar surface area (TPSA) is 120 Å². The number of benzene rings is 2. The number of nitrogens with zero attached hydrogens (tertiary/aromatic N) is 5. The van der Waals surface area contributed by atoms with Crippen molar-refractivity contribution in [3.63, 3.8) is 0 Å². The lowest BCUT2D eigenvalue weighted by Gasteiger charge is -2.31. The molecule has 0 atom stereocenters. The Morgan fingerprint density at radius 2 is 1.53 bits per heavy atom. The van der Waals surface area contributed by atoms with Gasteiger partial charge in [0.2, 0.25) is 0 Å². The average Bonchev–Trinajstić information content (AvgIpc) is 3.66. The van der Waals surface area contributed by atoms with Crippen LogP contribution in [0.3, 0.4) is 0 Å². The van der Waals surface area contributed by atoms with Gasteiger partial charge in [0.05, 0.1) is 11.0 Å². The quantitative estimate of drug-likeness (QED) is 0.213. The summed E-state index contributed by atoms with van der Waals surface area (Å²) in [6, 6.07) is 25.7. The van der Waals surface area contributed by atoms with Crippen LogP contribution >= 0.6 is 0 Å². The van der Waals surface area contributed by atoms with Gasteiger partial charge in [-0.05, 0) is 91.9 Å². The molecule has 2 amide bonds. The highest BCUT2D eigenvalue weighted by Crippen LogP contribution is 2.39. The predicted molar refractivity (Wildman–Crippen MR) is 178 cm³/mol. The number of hydrogen-bond donors (Lipinski definition) is 2. The minimum atomic E-state index is -0.553. The van der Waals surface area contributed by atoms with E-state index in [-0.39, 0.29) is 29.5 Å². The number of halogens is 1. The molecule has 0 saturated heterocycles. The van der Waals surface area contributed by atoms with Crippen LogP contribution in [-0.4, -0.2) is 42.0 Å². The van der Waals surface area contributed by atoms with E-state index >= 15 is 0 Å². The molecule has 232 valence electrons. The minimum Gasteiger partial charge on any atom is -0.364 e. The van der Waals surface area contributed by atoms with E-state index in [4.69, 9.17) is 10.8 Å². The van der Waals surface area contributed by atoms with Crippen LogP contribution in [0.4, 0.5) is 4.39 Å². The predicted octanol–water partition coefficient (Wildman–Crippen LogP) is 6.72. The molecule has 1 fully saturated rings. The second kappa shape index (κ2) is 11.5. The number of hydrogen-bond acceptors (Lipinski definition) is 5. The van der Waals surface area contributed by atoms with Crippen molar-refractivity contribution in [1.29, 1.82) is 0 Å². The molecule has 0 aliphatic heterocycles. The first kappa shape index (κ1) is 28.6. The van der Waals surface area contributed by atoms with E-state index in [0.717, 1.165) is 69.7 Å². The molecule has 5 aromatic heterocycles. The van der Waals surface area contributed by atoms with Gasteiger partial charge in [-0.2, -0.15) is 5.10 Å². The Bertz CT molecular complexity index is 2300. The maximum atomic E-state index is 13.8. The van der Waals surface area contributed by atoms with Gasteiger partial charge in [0.1, 0.15) is 17.2 Å². The number of carbonyl (C=O) groups is 2. The summed E-state index contributed by atoms with van der Waals surface area (Å²) >= 11 is 0. The van der Waals surface area contributed by atoms with Crippen molar-refractivity contribution in [2.24, 2.45) is 5.73 Å². The number of amides is 2. The summed E-state index contributed by atoms with van der Waals surface area (Å²) in [5.74, 6) is -1.10. The van der Waals surface area contributed by atoms with E-state index in [1.165, 1.54) is 12.1 Å². The zero-order valence-corrected chi connectivity index (χ0v) is 25.3. The van der Waals surface area contributed by atoms with E-state index < -0.39 is 5.91 Å². The minimum absolute atomic E-state index is 0.0392. The lowest BCUT2D eigenvalue weighted by molar-refractivity contribution is 0.0914. The lowest BCUT2D eigenvalue weighted by atomic mass is 9.90. The van der Waals surface area contributed by atoms with Crippen LogP contribution in [0, 0.1) is 5.82 Å². The number of nitrogens with two attached hydrogens (primary N) is 1. The van der Waals surface area contributed by atoms with Gasteiger partial charge in [-0.3, -0.25) is 14.6 Å². The SMILES string of the molecule is NC(=O)c1nccc2c3ccccc3n(C3CCC(NC(=O)c4cccc5c(-c6ccncc6)c(-c6ccc(F)cc6)nn45)CC3)c12. The first-order chi connectivity index (χ1) is 23.0. The van der Waals surface area contributed by atoms with E-state index in [1.807, 2.05) is 42.5 Å². The fraction of sp³-hybridized carbons (Fsp3) is 0.162. The van der Waals surface area contributed by atoms with Gasteiger partial charge in [0.25, 0.3) is 11.8 Å². The third kappa shape index (κ3) is 4.89. The summed E-state index contributed by atoms with van der Waals surface area (Å²) < 4.78 is 17.7. The highest BCUT2D eigenvalue weighted by atomic mass is 19.1. The van der Waals surface area contributed by atoms with Crippen LogP contribution in [0.15, 0.2) is 104 Å². The van der Waals surface area contributed by atoms with E-state index in [2.05, 4.69) is 32.0 Å². The molecule has 1 aliphatic rings. The maximum absolute atomic E-state index is 13.8. The molecule has 1 saturated carbocycles. The molecule has 1 aliphatic carbocycles. The molecular weight excluding hydrogens is 593 g/mol. The number of para-hydroxylation sites is 1. The molecule has 3 N–H and O–H groups in total. The molecule has 10 heteroatoms. The first-order valence-corrected chi connectivity index (χ1v) is 15.6. The summed E-state index contributed by atoms with van der Waals surface area (Å²) in [5.41, 5.74) is 12.1. The summed E-state index contributed by atoms with van der Waals surface area (Å²) in [6.45, 7) is 0. The van der Waals surface area contributed by atoms with E-state index in [9.17, 15) is 14.0 Å². The van der Waals surface area contributed by atoms with Gasteiger partial charge in [-0.1, -0.05) is 24.3 Å². The Kier molecular flexibility index (Phi) is 6.97. The molecule has 0 unspecified atom stereocenters.